The van der Waals surface area contributed by atoms with E-state index in [-0.39, 0.29) is 11.9 Å². The predicted octanol–water partition coefficient (Wildman–Crippen LogP) is 2.84. The van der Waals surface area contributed by atoms with Gasteiger partial charge in [0.1, 0.15) is 5.82 Å². The summed E-state index contributed by atoms with van der Waals surface area (Å²) in [6.07, 6.45) is 1.51. The average Bonchev–Trinajstić information content (AvgIpc) is 2.20. The molecule has 0 amide bonds. The van der Waals surface area contributed by atoms with E-state index in [1.54, 1.807) is 13.0 Å². The fourth-order valence-electron chi connectivity index (χ4n) is 1.41. The molecule has 0 spiro atoms. The fraction of sp³-hybridized carbons (Fsp3) is 0.500. The lowest BCUT2D eigenvalue weighted by atomic mass is 10.2. The largest absolute Gasteiger partial charge is 0.393 e. The highest BCUT2D eigenvalue weighted by molar-refractivity contribution is 9.10. The molecule has 16 heavy (non-hydrogen) atoms. The van der Waals surface area contributed by atoms with Gasteiger partial charge >= 0.3 is 0 Å². The first kappa shape index (κ1) is 13.6. The van der Waals surface area contributed by atoms with Gasteiger partial charge in [-0.2, -0.15) is 0 Å². The summed E-state index contributed by atoms with van der Waals surface area (Å²) in [5.41, 5.74) is 1.04. The number of hydrogen-bond acceptors (Lipinski definition) is 2. The van der Waals surface area contributed by atoms with Gasteiger partial charge in [0.15, 0.2) is 0 Å². The van der Waals surface area contributed by atoms with Crippen LogP contribution < -0.4 is 5.32 Å². The number of rotatable bonds is 6. The molecule has 0 saturated carbocycles. The minimum absolute atomic E-state index is 0.232. The number of benzene rings is 1. The zero-order valence-electron chi connectivity index (χ0n) is 9.34. The minimum atomic E-state index is -0.237. The summed E-state index contributed by atoms with van der Waals surface area (Å²) < 4.78 is 13.6. The molecular weight excluding hydrogens is 273 g/mol. The Morgan fingerprint density at radius 3 is 2.88 bits per heavy atom. The van der Waals surface area contributed by atoms with Gasteiger partial charge in [0.05, 0.1) is 6.10 Å². The normalized spacial score (nSPS) is 12.8. The van der Waals surface area contributed by atoms with Crippen molar-refractivity contribution in [2.75, 3.05) is 6.54 Å². The third kappa shape index (κ3) is 5.05. The highest BCUT2D eigenvalue weighted by Gasteiger charge is 2.01. The lowest BCUT2D eigenvalue weighted by molar-refractivity contribution is 0.181. The van der Waals surface area contributed by atoms with Crippen molar-refractivity contribution in [1.82, 2.24) is 5.32 Å². The molecule has 0 aromatic heterocycles. The summed E-state index contributed by atoms with van der Waals surface area (Å²) in [6.45, 7) is 3.35. The van der Waals surface area contributed by atoms with E-state index in [0.717, 1.165) is 29.4 Å². The molecule has 0 bridgehead atoms. The van der Waals surface area contributed by atoms with Crippen molar-refractivity contribution in [1.29, 1.82) is 0 Å². The molecule has 1 aromatic rings. The highest BCUT2D eigenvalue weighted by Crippen LogP contribution is 2.17. The topological polar surface area (TPSA) is 32.3 Å². The van der Waals surface area contributed by atoms with Crippen molar-refractivity contribution >= 4 is 15.9 Å². The smallest absolute Gasteiger partial charge is 0.124 e. The van der Waals surface area contributed by atoms with Crippen LogP contribution in [-0.4, -0.2) is 17.8 Å². The molecule has 90 valence electrons. The first-order chi connectivity index (χ1) is 7.59. The summed E-state index contributed by atoms with van der Waals surface area (Å²) in [5, 5.41) is 12.3. The number of nitrogens with one attached hydrogen (secondary N) is 1. The molecule has 1 aromatic carbocycles. The number of hydrogen-bond donors (Lipinski definition) is 2. The van der Waals surface area contributed by atoms with Gasteiger partial charge in [-0.05, 0) is 44.0 Å². The summed E-state index contributed by atoms with van der Waals surface area (Å²) in [6, 6.07) is 4.69. The monoisotopic (exact) mass is 289 g/mol. The van der Waals surface area contributed by atoms with Crippen molar-refractivity contribution < 1.29 is 9.50 Å². The quantitative estimate of drug-likeness (QED) is 0.790. The maximum atomic E-state index is 12.8. The summed E-state index contributed by atoms with van der Waals surface area (Å²) in [5.74, 6) is -0.232. The standard InChI is InChI=1S/C12H17BrFNO/c1-9(16)3-2-6-15-8-10-4-5-11(14)7-12(10)13/h4-5,7,9,15-16H,2-3,6,8H2,1H3. The molecule has 4 heteroatoms. The molecule has 0 fully saturated rings. The Balaban J connectivity index is 2.27. The summed E-state index contributed by atoms with van der Waals surface area (Å²) >= 11 is 3.32. The van der Waals surface area contributed by atoms with Gasteiger partial charge in [0.25, 0.3) is 0 Å². The van der Waals surface area contributed by atoms with Gasteiger partial charge in [0, 0.05) is 11.0 Å². The zero-order valence-corrected chi connectivity index (χ0v) is 10.9. The number of halogens is 2. The highest BCUT2D eigenvalue weighted by atomic mass is 79.9. The van der Waals surface area contributed by atoms with Gasteiger partial charge in [0.2, 0.25) is 0 Å². The molecule has 0 aliphatic heterocycles. The maximum Gasteiger partial charge on any atom is 0.124 e. The van der Waals surface area contributed by atoms with Crippen LogP contribution in [0.1, 0.15) is 25.3 Å². The second-order valence-corrected chi connectivity index (χ2v) is 4.76. The summed E-state index contributed by atoms with van der Waals surface area (Å²) in [7, 11) is 0. The van der Waals surface area contributed by atoms with E-state index < -0.39 is 0 Å². The van der Waals surface area contributed by atoms with Crippen molar-refractivity contribution in [2.24, 2.45) is 0 Å². The minimum Gasteiger partial charge on any atom is -0.393 e. The lowest BCUT2D eigenvalue weighted by Crippen LogP contribution is -2.16. The van der Waals surface area contributed by atoms with E-state index in [4.69, 9.17) is 5.11 Å². The van der Waals surface area contributed by atoms with Crippen molar-refractivity contribution in [3.63, 3.8) is 0 Å². The molecule has 0 aliphatic rings. The van der Waals surface area contributed by atoms with Crippen molar-refractivity contribution in [2.45, 2.75) is 32.4 Å². The molecule has 1 unspecified atom stereocenters. The Labute approximate surface area is 104 Å². The van der Waals surface area contributed by atoms with E-state index in [1.807, 2.05) is 0 Å². The molecule has 1 atom stereocenters. The van der Waals surface area contributed by atoms with E-state index in [9.17, 15) is 4.39 Å². The van der Waals surface area contributed by atoms with Crippen LogP contribution >= 0.6 is 15.9 Å². The van der Waals surface area contributed by atoms with Crippen LogP contribution in [0.3, 0.4) is 0 Å². The number of aliphatic hydroxyl groups is 1. The Morgan fingerprint density at radius 2 is 2.25 bits per heavy atom. The Kier molecular flexibility index (Phi) is 5.95. The second kappa shape index (κ2) is 6.99. The third-order valence-electron chi connectivity index (χ3n) is 2.31. The van der Waals surface area contributed by atoms with E-state index >= 15 is 0 Å². The molecular formula is C12H17BrFNO. The van der Waals surface area contributed by atoms with Crippen LogP contribution in [0.2, 0.25) is 0 Å². The first-order valence-electron chi connectivity index (χ1n) is 5.42. The second-order valence-electron chi connectivity index (χ2n) is 3.90. The molecule has 1 rings (SSSR count). The Bertz CT molecular complexity index is 331. The Hall–Kier alpha value is -0.450. The van der Waals surface area contributed by atoms with Gasteiger partial charge in [-0.25, -0.2) is 4.39 Å². The molecule has 0 saturated heterocycles. The maximum absolute atomic E-state index is 12.8. The first-order valence-corrected chi connectivity index (χ1v) is 6.21. The third-order valence-corrected chi connectivity index (χ3v) is 3.04. The molecule has 0 aliphatic carbocycles. The van der Waals surface area contributed by atoms with Crippen LogP contribution in [0.25, 0.3) is 0 Å². The Morgan fingerprint density at radius 1 is 1.50 bits per heavy atom. The van der Waals surface area contributed by atoms with Crippen LogP contribution in [0.4, 0.5) is 4.39 Å². The van der Waals surface area contributed by atoms with Gasteiger partial charge < -0.3 is 10.4 Å². The lowest BCUT2D eigenvalue weighted by Gasteiger charge is -2.07. The van der Waals surface area contributed by atoms with Crippen molar-refractivity contribution in [3.8, 4) is 0 Å². The summed E-state index contributed by atoms with van der Waals surface area (Å²) in [4.78, 5) is 0. The molecule has 2 N–H and O–H groups in total. The molecule has 2 nitrogen and oxygen atoms in total. The molecule has 0 heterocycles. The zero-order chi connectivity index (χ0) is 12.0. The predicted molar refractivity (Wildman–Crippen MR) is 66.7 cm³/mol. The van der Waals surface area contributed by atoms with Crippen LogP contribution in [-0.2, 0) is 6.54 Å². The van der Waals surface area contributed by atoms with Crippen LogP contribution in [0.15, 0.2) is 22.7 Å². The fourth-order valence-corrected chi connectivity index (χ4v) is 1.90. The van der Waals surface area contributed by atoms with Crippen molar-refractivity contribution in [3.05, 3.63) is 34.1 Å². The van der Waals surface area contributed by atoms with Gasteiger partial charge in [-0.3, -0.25) is 0 Å². The number of aliphatic hydroxyl groups excluding tert-OH is 1. The van der Waals surface area contributed by atoms with E-state index in [0.29, 0.717) is 6.54 Å². The van der Waals surface area contributed by atoms with Crippen LogP contribution in [0, 0.1) is 5.82 Å². The van der Waals surface area contributed by atoms with E-state index in [1.165, 1.54) is 12.1 Å². The average molecular weight is 290 g/mol. The SMILES string of the molecule is CC(O)CCCNCc1ccc(F)cc1Br. The van der Waals surface area contributed by atoms with Gasteiger partial charge in [-0.1, -0.05) is 22.0 Å². The van der Waals surface area contributed by atoms with E-state index in [2.05, 4.69) is 21.2 Å². The van der Waals surface area contributed by atoms with Gasteiger partial charge in [-0.15, -0.1) is 0 Å². The molecule has 0 radical (unpaired) electrons. The van der Waals surface area contributed by atoms with Crippen LogP contribution in [0.5, 0.6) is 0 Å².